The molecule has 0 bridgehead atoms. The van der Waals surface area contributed by atoms with E-state index in [9.17, 15) is 0 Å². The van der Waals surface area contributed by atoms with E-state index >= 15 is 0 Å². The molecule has 0 N–H and O–H groups in total. The Kier molecular flexibility index (Phi) is 2.71. The lowest BCUT2D eigenvalue weighted by atomic mass is 9.74. The Morgan fingerprint density at radius 3 is 2.58 bits per heavy atom. The van der Waals surface area contributed by atoms with Crippen molar-refractivity contribution in [1.82, 2.24) is 0 Å². The van der Waals surface area contributed by atoms with Gasteiger partial charge in [-0.2, -0.15) is 0 Å². The normalized spacial score (nSPS) is 29.7. The van der Waals surface area contributed by atoms with Gasteiger partial charge in [0, 0.05) is 12.8 Å². The molecule has 1 saturated carbocycles. The minimum absolute atomic E-state index is 0.482. The Hall–Kier alpha value is -0.590. The van der Waals surface area contributed by atoms with Crippen LogP contribution in [0.3, 0.4) is 0 Å². The first-order valence-corrected chi connectivity index (χ1v) is 4.70. The van der Waals surface area contributed by atoms with Gasteiger partial charge in [-0.3, -0.25) is 4.99 Å². The minimum Gasteiger partial charge on any atom is -0.293 e. The molecule has 0 heterocycles. The van der Waals surface area contributed by atoms with Crippen LogP contribution in [-0.2, 0) is 0 Å². The number of hydrogen-bond acceptors (Lipinski definition) is 1. The van der Waals surface area contributed by atoms with Crippen molar-refractivity contribution in [2.24, 2.45) is 10.4 Å². The maximum Gasteiger partial charge on any atom is 0.0373 e. The van der Waals surface area contributed by atoms with Crippen LogP contribution in [0.25, 0.3) is 0 Å². The van der Waals surface area contributed by atoms with E-state index in [0.717, 1.165) is 6.42 Å². The van der Waals surface area contributed by atoms with Crippen LogP contribution in [0.2, 0.25) is 0 Å². The van der Waals surface area contributed by atoms with Crippen molar-refractivity contribution in [2.75, 3.05) is 7.05 Å². The molecule has 0 aliphatic heterocycles. The molecule has 0 aromatic carbocycles. The maximum absolute atomic E-state index is 4.31. The third-order valence-electron chi connectivity index (χ3n) is 2.70. The minimum atomic E-state index is 0.482. The van der Waals surface area contributed by atoms with E-state index < -0.39 is 0 Å². The van der Waals surface area contributed by atoms with Crippen LogP contribution in [0.15, 0.2) is 16.6 Å². The summed E-state index contributed by atoms with van der Waals surface area (Å²) in [4.78, 5) is 4.31. The predicted molar refractivity (Wildman–Crippen MR) is 54.7 cm³/mol. The Balaban J connectivity index is 2.81. The summed E-state index contributed by atoms with van der Waals surface area (Å²) in [5.41, 5.74) is 3.25. The second kappa shape index (κ2) is 3.42. The average molecular weight is 165 g/mol. The highest BCUT2D eigenvalue weighted by Crippen LogP contribution is 2.36. The van der Waals surface area contributed by atoms with Gasteiger partial charge >= 0.3 is 0 Å². The van der Waals surface area contributed by atoms with Crippen molar-refractivity contribution in [2.45, 2.75) is 40.0 Å². The van der Waals surface area contributed by atoms with Gasteiger partial charge in [-0.15, -0.1) is 0 Å². The maximum atomic E-state index is 4.31. The van der Waals surface area contributed by atoms with Gasteiger partial charge in [0.15, 0.2) is 0 Å². The van der Waals surface area contributed by atoms with Gasteiger partial charge in [-0.1, -0.05) is 19.9 Å². The van der Waals surface area contributed by atoms with E-state index in [1.165, 1.54) is 24.1 Å². The van der Waals surface area contributed by atoms with Gasteiger partial charge in [-0.25, -0.2) is 0 Å². The molecule has 68 valence electrons. The molecular formula is C11H19N. The summed E-state index contributed by atoms with van der Waals surface area (Å²) < 4.78 is 0. The zero-order chi connectivity index (χ0) is 9.19. The molecule has 0 aromatic rings. The van der Waals surface area contributed by atoms with Crippen molar-refractivity contribution in [1.29, 1.82) is 0 Å². The highest BCUT2D eigenvalue weighted by Gasteiger charge is 2.26. The fourth-order valence-electron chi connectivity index (χ4n) is 1.85. The van der Waals surface area contributed by atoms with Gasteiger partial charge < -0.3 is 0 Å². The van der Waals surface area contributed by atoms with Crippen LogP contribution < -0.4 is 0 Å². The van der Waals surface area contributed by atoms with Crippen LogP contribution in [0.5, 0.6) is 0 Å². The summed E-state index contributed by atoms with van der Waals surface area (Å²) in [5.74, 6) is 0. The summed E-state index contributed by atoms with van der Waals surface area (Å²) in [6.07, 6.45) is 5.83. The number of allylic oxidation sites excluding steroid dienone is 2. The Morgan fingerprint density at radius 1 is 1.42 bits per heavy atom. The average Bonchev–Trinajstić information content (AvgIpc) is 2.03. The van der Waals surface area contributed by atoms with Gasteiger partial charge in [0.2, 0.25) is 0 Å². The van der Waals surface area contributed by atoms with Crippen LogP contribution in [0, 0.1) is 5.41 Å². The lowest BCUT2D eigenvalue weighted by Crippen LogP contribution is -2.23. The molecular weight excluding hydrogens is 146 g/mol. The number of rotatable bonds is 0. The zero-order valence-corrected chi connectivity index (χ0v) is 8.65. The van der Waals surface area contributed by atoms with Gasteiger partial charge in [0.25, 0.3) is 0 Å². The molecule has 1 heteroatoms. The Morgan fingerprint density at radius 2 is 2.08 bits per heavy atom. The van der Waals surface area contributed by atoms with Gasteiger partial charge in [0.05, 0.1) is 0 Å². The monoisotopic (exact) mass is 165 g/mol. The van der Waals surface area contributed by atoms with Crippen molar-refractivity contribution in [3.63, 3.8) is 0 Å². The quantitative estimate of drug-likeness (QED) is 0.522. The highest BCUT2D eigenvalue weighted by molar-refractivity contribution is 6.00. The third-order valence-corrected chi connectivity index (χ3v) is 2.70. The van der Waals surface area contributed by atoms with Gasteiger partial charge in [0.1, 0.15) is 0 Å². The summed E-state index contributed by atoms with van der Waals surface area (Å²) >= 11 is 0. The standard InChI is InChI=1S/C11H19N/c1-5-9-8-11(2,3)7-6-10(9)12-4/h5H,6-8H2,1-4H3/b9-5-,12-10?. The van der Waals surface area contributed by atoms with E-state index in [1.54, 1.807) is 0 Å². The first kappa shape index (κ1) is 9.50. The fourth-order valence-corrected chi connectivity index (χ4v) is 1.85. The lowest BCUT2D eigenvalue weighted by molar-refractivity contribution is 0.330. The molecule has 0 unspecified atom stereocenters. The topological polar surface area (TPSA) is 12.4 Å². The van der Waals surface area contributed by atoms with E-state index in [1.807, 2.05) is 7.05 Å². The lowest BCUT2D eigenvalue weighted by Gasteiger charge is -2.32. The Bertz CT molecular complexity index is 221. The van der Waals surface area contributed by atoms with Crippen LogP contribution in [-0.4, -0.2) is 12.8 Å². The fraction of sp³-hybridized carbons (Fsp3) is 0.727. The molecule has 1 rings (SSSR count). The molecule has 1 aliphatic carbocycles. The number of nitrogens with zero attached hydrogens (tertiary/aromatic N) is 1. The van der Waals surface area contributed by atoms with Crippen LogP contribution in [0.4, 0.5) is 0 Å². The second-order valence-electron chi connectivity index (χ2n) is 4.33. The molecule has 0 aromatic heterocycles. The number of hydrogen-bond donors (Lipinski definition) is 0. The smallest absolute Gasteiger partial charge is 0.0373 e. The second-order valence-corrected chi connectivity index (χ2v) is 4.33. The van der Waals surface area contributed by atoms with Gasteiger partial charge in [-0.05, 0) is 37.2 Å². The van der Waals surface area contributed by atoms with Crippen LogP contribution >= 0.6 is 0 Å². The summed E-state index contributed by atoms with van der Waals surface area (Å²) in [7, 11) is 1.90. The molecule has 0 amide bonds. The zero-order valence-electron chi connectivity index (χ0n) is 8.65. The largest absolute Gasteiger partial charge is 0.293 e. The molecule has 0 spiro atoms. The molecule has 0 atom stereocenters. The van der Waals surface area contributed by atoms with E-state index in [2.05, 4.69) is 31.8 Å². The third kappa shape index (κ3) is 1.96. The summed E-state index contributed by atoms with van der Waals surface area (Å²) in [6.45, 7) is 6.79. The SMILES string of the molecule is C/C=C1/CC(C)(C)CCC1=NC. The summed E-state index contributed by atoms with van der Waals surface area (Å²) in [5, 5.41) is 0. The van der Waals surface area contributed by atoms with E-state index in [0.29, 0.717) is 5.41 Å². The first-order valence-electron chi connectivity index (χ1n) is 4.70. The summed E-state index contributed by atoms with van der Waals surface area (Å²) in [6, 6.07) is 0. The molecule has 1 aliphatic rings. The molecule has 0 saturated heterocycles. The predicted octanol–water partition coefficient (Wildman–Crippen LogP) is 3.21. The molecule has 0 radical (unpaired) electrons. The van der Waals surface area contributed by atoms with Crippen molar-refractivity contribution in [3.05, 3.63) is 11.6 Å². The molecule has 12 heavy (non-hydrogen) atoms. The highest BCUT2D eigenvalue weighted by atomic mass is 14.7. The van der Waals surface area contributed by atoms with E-state index in [4.69, 9.17) is 0 Å². The van der Waals surface area contributed by atoms with Crippen LogP contribution in [0.1, 0.15) is 40.0 Å². The van der Waals surface area contributed by atoms with E-state index in [-0.39, 0.29) is 0 Å². The number of aliphatic imine (C=N–C) groups is 1. The van der Waals surface area contributed by atoms with Crippen molar-refractivity contribution < 1.29 is 0 Å². The van der Waals surface area contributed by atoms with Crippen molar-refractivity contribution in [3.8, 4) is 0 Å². The Labute approximate surface area is 75.6 Å². The first-order chi connectivity index (χ1) is 5.59. The van der Waals surface area contributed by atoms with Crippen molar-refractivity contribution >= 4 is 5.71 Å². The molecule has 1 nitrogen and oxygen atoms in total. The molecule has 1 fully saturated rings.